The average Bonchev–Trinajstić information content (AvgIpc) is 2.69. The Morgan fingerprint density at radius 2 is 1.88 bits per heavy atom. The zero-order chi connectivity index (χ0) is 11.6. The molecule has 0 fully saturated rings. The smallest absolute Gasteiger partial charge is 0.479 e. The molecule has 0 unspecified atom stereocenters. The Balaban J connectivity index is 2.07. The van der Waals surface area contributed by atoms with Crippen molar-refractivity contribution in [3.05, 3.63) is 36.7 Å². The van der Waals surface area contributed by atoms with Gasteiger partial charge in [0, 0.05) is 11.9 Å². The van der Waals surface area contributed by atoms with Gasteiger partial charge in [-0.1, -0.05) is 0 Å². The molecule has 0 saturated heterocycles. The van der Waals surface area contributed by atoms with Crippen molar-refractivity contribution in [1.29, 1.82) is 0 Å². The quantitative estimate of drug-likeness (QED) is 0.781. The molecule has 0 amide bonds. The van der Waals surface area contributed by atoms with E-state index < -0.39 is 6.36 Å². The van der Waals surface area contributed by atoms with Crippen LogP contribution >= 0.6 is 0 Å². The molecule has 1 aliphatic heterocycles. The molecule has 2 rings (SSSR count). The Morgan fingerprint density at radius 3 is 2.38 bits per heavy atom. The first-order chi connectivity index (χ1) is 7.54. The van der Waals surface area contributed by atoms with E-state index in [1.165, 1.54) is 30.5 Å². The van der Waals surface area contributed by atoms with Crippen LogP contribution in [0.5, 0.6) is 5.75 Å². The highest BCUT2D eigenvalue weighted by molar-refractivity contribution is 5.51. The Hall–Kier alpha value is -1.85. The highest BCUT2D eigenvalue weighted by Gasteiger charge is 2.31. The van der Waals surface area contributed by atoms with Crippen LogP contribution in [0.1, 0.15) is 0 Å². The minimum atomic E-state index is -4.65. The van der Waals surface area contributed by atoms with Gasteiger partial charge >= 0.3 is 6.36 Å². The van der Waals surface area contributed by atoms with Gasteiger partial charge in [0.05, 0.1) is 0 Å². The summed E-state index contributed by atoms with van der Waals surface area (Å²) < 4.78 is 44.3. The first-order valence-electron chi connectivity index (χ1n) is 4.45. The third kappa shape index (κ3) is 2.59. The molecule has 0 bridgehead atoms. The number of ether oxygens (including phenoxy) is 2. The largest absolute Gasteiger partial charge is 0.573 e. The molecular formula is C10H8F3NO2. The maximum atomic E-state index is 11.9. The summed E-state index contributed by atoms with van der Waals surface area (Å²) in [7, 11) is 0. The van der Waals surface area contributed by atoms with Crippen molar-refractivity contribution in [3.8, 4) is 5.75 Å². The SMILES string of the molecule is FC(F)(F)Oc1ccc(N2C=COC2)cc1. The molecule has 0 atom stereocenters. The van der Waals surface area contributed by atoms with E-state index in [0.717, 1.165) is 5.69 Å². The molecule has 3 nitrogen and oxygen atoms in total. The maximum Gasteiger partial charge on any atom is 0.573 e. The summed E-state index contributed by atoms with van der Waals surface area (Å²) in [4.78, 5) is 1.75. The van der Waals surface area contributed by atoms with Crippen molar-refractivity contribution in [2.45, 2.75) is 6.36 Å². The van der Waals surface area contributed by atoms with Gasteiger partial charge in [0.25, 0.3) is 0 Å². The molecule has 0 N–H and O–H groups in total. The summed E-state index contributed by atoms with van der Waals surface area (Å²) >= 11 is 0. The van der Waals surface area contributed by atoms with Crippen molar-refractivity contribution in [3.63, 3.8) is 0 Å². The van der Waals surface area contributed by atoms with E-state index in [4.69, 9.17) is 4.74 Å². The normalized spacial score (nSPS) is 15.1. The van der Waals surface area contributed by atoms with E-state index in [-0.39, 0.29) is 5.75 Å². The van der Waals surface area contributed by atoms with Crippen molar-refractivity contribution in [2.75, 3.05) is 11.6 Å². The molecule has 0 saturated carbocycles. The van der Waals surface area contributed by atoms with E-state index in [0.29, 0.717) is 6.73 Å². The van der Waals surface area contributed by atoms with Crippen LogP contribution in [0.2, 0.25) is 0 Å². The van der Waals surface area contributed by atoms with E-state index in [1.54, 1.807) is 11.1 Å². The Kier molecular flexibility index (Phi) is 2.64. The molecule has 0 radical (unpaired) electrons. The molecule has 0 spiro atoms. The fourth-order valence-electron chi connectivity index (χ4n) is 1.28. The van der Waals surface area contributed by atoms with Gasteiger partial charge in [-0.2, -0.15) is 0 Å². The number of alkyl halides is 3. The Bertz CT molecular complexity index is 386. The van der Waals surface area contributed by atoms with Gasteiger partial charge < -0.3 is 14.4 Å². The second-order valence-electron chi connectivity index (χ2n) is 3.09. The second kappa shape index (κ2) is 3.96. The van der Waals surface area contributed by atoms with Gasteiger partial charge in [-0.05, 0) is 24.3 Å². The third-order valence-electron chi connectivity index (χ3n) is 1.95. The molecule has 1 aliphatic rings. The molecule has 0 aromatic heterocycles. The van der Waals surface area contributed by atoms with Gasteiger partial charge in [-0.3, -0.25) is 0 Å². The van der Waals surface area contributed by atoms with Crippen LogP contribution < -0.4 is 9.64 Å². The fraction of sp³-hybridized carbons (Fsp3) is 0.200. The van der Waals surface area contributed by atoms with Crippen LogP contribution in [-0.2, 0) is 4.74 Å². The zero-order valence-electron chi connectivity index (χ0n) is 8.07. The summed E-state index contributed by atoms with van der Waals surface area (Å²) in [5.41, 5.74) is 0.739. The number of rotatable bonds is 2. The van der Waals surface area contributed by atoms with Crippen LogP contribution in [0.3, 0.4) is 0 Å². The summed E-state index contributed by atoms with van der Waals surface area (Å²) in [6, 6.07) is 5.57. The first-order valence-corrected chi connectivity index (χ1v) is 4.45. The highest BCUT2D eigenvalue weighted by atomic mass is 19.4. The van der Waals surface area contributed by atoms with Crippen LogP contribution in [0.25, 0.3) is 0 Å². The molecule has 0 aliphatic carbocycles. The van der Waals surface area contributed by atoms with E-state index in [2.05, 4.69) is 4.74 Å². The summed E-state index contributed by atoms with van der Waals surface area (Å²) in [5, 5.41) is 0. The Labute approximate surface area is 89.7 Å². The van der Waals surface area contributed by atoms with Gasteiger partial charge in [0.1, 0.15) is 12.0 Å². The molecule has 6 heteroatoms. The number of halogens is 3. The second-order valence-corrected chi connectivity index (χ2v) is 3.09. The number of hydrogen-bond acceptors (Lipinski definition) is 3. The summed E-state index contributed by atoms with van der Waals surface area (Å²) in [5.74, 6) is -0.236. The number of benzene rings is 1. The van der Waals surface area contributed by atoms with Crippen LogP contribution in [0, 0.1) is 0 Å². The lowest BCUT2D eigenvalue weighted by atomic mass is 10.3. The van der Waals surface area contributed by atoms with Gasteiger partial charge in [-0.15, -0.1) is 13.2 Å². The monoisotopic (exact) mass is 231 g/mol. The fourth-order valence-corrected chi connectivity index (χ4v) is 1.28. The van der Waals surface area contributed by atoms with Gasteiger partial charge in [0.15, 0.2) is 6.73 Å². The standard InChI is InChI=1S/C10H8F3NO2/c11-10(12,13)16-9-3-1-8(2-4-9)14-5-6-15-7-14/h1-6H,7H2. The molecule has 1 heterocycles. The Morgan fingerprint density at radius 1 is 1.19 bits per heavy atom. The van der Waals surface area contributed by atoms with E-state index in [9.17, 15) is 13.2 Å². The van der Waals surface area contributed by atoms with Crippen molar-refractivity contribution < 1.29 is 22.6 Å². The van der Waals surface area contributed by atoms with Gasteiger partial charge in [-0.25, -0.2) is 0 Å². The minimum absolute atomic E-state index is 0.236. The molecule has 16 heavy (non-hydrogen) atoms. The van der Waals surface area contributed by atoms with E-state index in [1.807, 2.05) is 0 Å². The lowest BCUT2D eigenvalue weighted by Crippen LogP contribution is -2.17. The summed E-state index contributed by atoms with van der Waals surface area (Å²) in [6.07, 6.45) is -1.45. The summed E-state index contributed by atoms with van der Waals surface area (Å²) in [6.45, 7) is 0.361. The third-order valence-corrected chi connectivity index (χ3v) is 1.95. The predicted molar refractivity (Wildman–Crippen MR) is 50.7 cm³/mol. The van der Waals surface area contributed by atoms with Crippen molar-refractivity contribution in [1.82, 2.24) is 0 Å². The highest BCUT2D eigenvalue weighted by Crippen LogP contribution is 2.26. The number of nitrogens with zero attached hydrogens (tertiary/aromatic N) is 1. The lowest BCUT2D eigenvalue weighted by molar-refractivity contribution is -0.274. The minimum Gasteiger partial charge on any atom is -0.479 e. The maximum absolute atomic E-state index is 11.9. The van der Waals surface area contributed by atoms with E-state index >= 15 is 0 Å². The molecule has 1 aromatic rings. The van der Waals surface area contributed by atoms with Crippen LogP contribution in [-0.4, -0.2) is 13.1 Å². The predicted octanol–water partition coefficient (Wildman–Crippen LogP) is 2.85. The number of anilines is 1. The van der Waals surface area contributed by atoms with Gasteiger partial charge in [0.2, 0.25) is 0 Å². The first kappa shape index (κ1) is 10.7. The average molecular weight is 231 g/mol. The zero-order valence-corrected chi connectivity index (χ0v) is 8.07. The molecule has 1 aromatic carbocycles. The molecule has 86 valence electrons. The van der Waals surface area contributed by atoms with Crippen LogP contribution in [0.15, 0.2) is 36.7 Å². The van der Waals surface area contributed by atoms with Crippen molar-refractivity contribution >= 4 is 5.69 Å². The lowest BCUT2D eigenvalue weighted by Gasteiger charge is -2.14. The topological polar surface area (TPSA) is 21.7 Å². The molecular weight excluding hydrogens is 223 g/mol. The van der Waals surface area contributed by atoms with Crippen molar-refractivity contribution in [2.24, 2.45) is 0 Å². The van der Waals surface area contributed by atoms with Crippen LogP contribution in [0.4, 0.5) is 18.9 Å². The number of hydrogen-bond donors (Lipinski definition) is 0.